The summed E-state index contributed by atoms with van der Waals surface area (Å²) >= 11 is 7.00. The van der Waals surface area contributed by atoms with E-state index in [0.29, 0.717) is 0 Å². The van der Waals surface area contributed by atoms with Gasteiger partial charge in [0, 0.05) is 34.8 Å². The minimum atomic E-state index is 0.0218. The van der Waals surface area contributed by atoms with Gasteiger partial charge in [0.15, 0.2) is 0 Å². The molecule has 0 saturated heterocycles. The van der Waals surface area contributed by atoms with Crippen LogP contribution in [0.1, 0.15) is 17.4 Å². The Hall–Kier alpha value is -0.690. The highest BCUT2D eigenvalue weighted by Crippen LogP contribution is 2.28. The van der Waals surface area contributed by atoms with Crippen molar-refractivity contribution in [1.82, 2.24) is 15.0 Å². The van der Waals surface area contributed by atoms with Crippen LogP contribution in [0.2, 0.25) is 0 Å². The van der Waals surface area contributed by atoms with E-state index >= 15 is 0 Å². The van der Waals surface area contributed by atoms with Crippen molar-refractivity contribution in [1.29, 1.82) is 0 Å². The van der Waals surface area contributed by atoms with Crippen molar-refractivity contribution in [2.24, 2.45) is 12.9 Å². The first kappa shape index (κ1) is 13.7. The molecule has 1 aromatic heterocycles. The topological polar surface area (TPSA) is 55.9 Å². The highest BCUT2D eigenvalue weighted by molar-refractivity contribution is 9.11. The molecule has 0 aliphatic carbocycles. The fourth-order valence-corrected chi connectivity index (χ4v) is 3.14. The molecular formula is C12H14Br2N4. The second kappa shape index (κ2) is 5.97. The van der Waals surface area contributed by atoms with Gasteiger partial charge in [-0.2, -0.15) is 0 Å². The molecule has 0 aliphatic heterocycles. The van der Waals surface area contributed by atoms with E-state index in [-0.39, 0.29) is 6.04 Å². The number of imidazole rings is 1. The summed E-state index contributed by atoms with van der Waals surface area (Å²) in [6, 6.07) is 6.08. The van der Waals surface area contributed by atoms with Crippen LogP contribution in [0.5, 0.6) is 0 Å². The van der Waals surface area contributed by atoms with Crippen LogP contribution < -0.4 is 11.3 Å². The predicted molar refractivity (Wildman–Crippen MR) is 78.8 cm³/mol. The number of aryl methyl sites for hydroxylation is 1. The lowest BCUT2D eigenvalue weighted by Crippen LogP contribution is -2.30. The first-order valence-electron chi connectivity index (χ1n) is 5.49. The highest BCUT2D eigenvalue weighted by Gasteiger charge is 2.16. The summed E-state index contributed by atoms with van der Waals surface area (Å²) in [5, 5.41) is 0. The number of aromatic nitrogens is 2. The van der Waals surface area contributed by atoms with Gasteiger partial charge in [0.1, 0.15) is 5.82 Å². The first-order valence-corrected chi connectivity index (χ1v) is 7.07. The molecule has 3 N–H and O–H groups in total. The second-order valence-electron chi connectivity index (χ2n) is 4.04. The van der Waals surface area contributed by atoms with E-state index in [0.717, 1.165) is 26.8 Å². The summed E-state index contributed by atoms with van der Waals surface area (Å²) in [7, 11) is 1.98. The van der Waals surface area contributed by atoms with Crippen molar-refractivity contribution >= 4 is 31.9 Å². The molecule has 2 rings (SSSR count). The monoisotopic (exact) mass is 372 g/mol. The standard InChI is InChI=1S/C12H14Br2N4/c1-18-5-4-16-12(18)7-11(17-15)9-3-2-8(13)6-10(9)14/h2-6,11,17H,7,15H2,1H3. The van der Waals surface area contributed by atoms with Crippen LogP contribution in [-0.4, -0.2) is 9.55 Å². The molecule has 1 aromatic carbocycles. The number of hydrogen-bond acceptors (Lipinski definition) is 3. The molecular weight excluding hydrogens is 360 g/mol. The quantitative estimate of drug-likeness (QED) is 0.639. The summed E-state index contributed by atoms with van der Waals surface area (Å²) < 4.78 is 4.05. The van der Waals surface area contributed by atoms with E-state index in [1.165, 1.54) is 0 Å². The summed E-state index contributed by atoms with van der Waals surface area (Å²) in [6.07, 6.45) is 4.46. The lowest BCUT2D eigenvalue weighted by atomic mass is 10.0. The third-order valence-corrected chi connectivity index (χ3v) is 4.03. The molecule has 0 radical (unpaired) electrons. The summed E-state index contributed by atoms with van der Waals surface area (Å²) in [4.78, 5) is 4.32. The third kappa shape index (κ3) is 3.00. The van der Waals surface area contributed by atoms with Crippen molar-refractivity contribution in [3.05, 3.63) is 50.9 Å². The van der Waals surface area contributed by atoms with Crippen LogP contribution in [0.15, 0.2) is 39.5 Å². The van der Waals surface area contributed by atoms with E-state index in [4.69, 9.17) is 5.84 Å². The van der Waals surface area contributed by atoms with Crippen molar-refractivity contribution in [2.45, 2.75) is 12.5 Å². The molecule has 18 heavy (non-hydrogen) atoms. The van der Waals surface area contributed by atoms with Gasteiger partial charge < -0.3 is 4.57 Å². The number of nitrogens with zero attached hydrogens (tertiary/aromatic N) is 2. The average molecular weight is 374 g/mol. The number of rotatable bonds is 4. The molecule has 0 aliphatic rings. The molecule has 0 bridgehead atoms. The molecule has 6 heteroatoms. The molecule has 2 aromatic rings. The largest absolute Gasteiger partial charge is 0.338 e. The molecule has 0 saturated carbocycles. The maximum atomic E-state index is 5.66. The second-order valence-corrected chi connectivity index (χ2v) is 5.81. The minimum Gasteiger partial charge on any atom is -0.338 e. The highest BCUT2D eigenvalue weighted by atomic mass is 79.9. The molecule has 0 spiro atoms. The molecule has 1 atom stereocenters. The Balaban J connectivity index is 2.26. The number of nitrogens with one attached hydrogen (secondary N) is 1. The van der Waals surface area contributed by atoms with Crippen molar-refractivity contribution in [3.8, 4) is 0 Å². The summed E-state index contributed by atoms with van der Waals surface area (Å²) in [6.45, 7) is 0. The third-order valence-electron chi connectivity index (χ3n) is 2.85. The molecule has 4 nitrogen and oxygen atoms in total. The average Bonchev–Trinajstić information content (AvgIpc) is 2.73. The Labute approximate surface area is 123 Å². The van der Waals surface area contributed by atoms with E-state index < -0.39 is 0 Å². The van der Waals surface area contributed by atoms with Gasteiger partial charge in [0.05, 0.1) is 6.04 Å². The zero-order valence-corrected chi connectivity index (χ0v) is 13.1. The Morgan fingerprint density at radius 1 is 1.44 bits per heavy atom. The number of hydrogen-bond donors (Lipinski definition) is 2. The van der Waals surface area contributed by atoms with Gasteiger partial charge in [-0.15, -0.1) is 0 Å². The molecule has 1 unspecified atom stereocenters. The van der Waals surface area contributed by atoms with Crippen LogP contribution in [0, 0.1) is 0 Å². The van der Waals surface area contributed by atoms with Crippen molar-refractivity contribution < 1.29 is 0 Å². The van der Waals surface area contributed by atoms with Crippen LogP contribution in [-0.2, 0) is 13.5 Å². The number of nitrogens with two attached hydrogens (primary N) is 1. The lowest BCUT2D eigenvalue weighted by molar-refractivity contribution is 0.528. The Morgan fingerprint density at radius 2 is 2.22 bits per heavy atom. The van der Waals surface area contributed by atoms with Gasteiger partial charge in [-0.05, 0) is 17.7 Å². The van der Waals surface area contributed by atoms with Gasteiger partial charge in [-0.3, -0.25) is 11.3 Å². The zero-order valence-electron chi connectivity index (χ0n) is 9.90. The molecule has 96 valence electrons. The van der Waals surface area contributed by atoms with E-state index in [1.54, 1.807) is 6.20 Å². The fraction of sp³-hybridized carbons (Fsp3) is 0.250. The number of hydrazine groups is 1. The zero-order chi connectivity index (χ0) is 13.1. The number of benzene rings is 1. The smallest absolute Gasteiger partial charge is 0.110 e. The molecule has 0 fully saturated rings. The normalized spacial score (nSPS) is 12.7. The SMILES string of the molecule is Cn1ccnc1CC(NN)c1ccc(Br)cc1Br. The Kier molecular flexibility index (Phi) is 4.55. The van der Waals surface area contributed by atoms with Crippen LogP contribution in [0.4, 0.5) is 0 Å². The van der Waals surface area contributed by atoms with Gasteiger partial charge in [-0.25, -0.2) is 4.98 Å². The van der Waals surface area contributed by atoms with Gasteiger partial charge in [0.25, 0.3) is 0 Å². The lowest BCUT2D eigenvalue weighted by Gasteiger charge is -2.17. The van der Waals surface area contributed by atoms with Crippen molar-refractivity contribution in [2.75, 3.05) is 0 Å². The number of halogens is 2. The van der Waals surface area contributed by atoms with E-state index in [2.05, 4.69) is 42.3 Å². The minimum absolute atomic E-state index is 0.0218. The van der Waals surface area contributed by atoms with Crippen LogP contribution in [0.3, 0.4) is 0 Å². The molecule has 0 amide bonds. The van der Waals surface area contributed by atoms with Gasteiger partial charge in [0.2, 0.25) is 0 Å². The maximum Gasteiger partial charge on any atom is 0.110 e. The predicted octanol–water partition coefficient (Wildman–Crippen LogP) is 2.69. The van der Waals surface area contributed by atoms with Gasteiger partial charge in [-0.1, -0.05) is 37.9 Å². The maximum absolute atomic E-state index is 5.66. The Bertz CT molecular complexity index is 539. The summed E-state index contributed by atoms with van der Waals surface area (Å²) in [5.41, 5.74) is 3.96. The van der Waals surface area contributed by atoms with Crippen LogP contribution >= 0.6 is 31.9 Å². The van der Waals surface area contributed by atoms with Crippen LogP contribution in [0.25, 0.3) is 0 Å². The van der Waals surface area contributed by atoms with E-state index in [9.17, 15) is 0 Å². The van der Waals surface area contributed by atoms with Crippen molar-refractivity contribution in [3.63, 3.8) is 0 Å². The first-order chi connectivity index (χ1) is 8.61. The fourth-order valence-electron chi connectivity index (χ4n) is 1.82. The summed E-state index contributed by atoms with van der Waals surface area (Å²) in [5.74, 6) is 6.65. The van der Waals surface area contributed by atoms with E-state index in [1.807, 2.05) is 36.0 Å². The Morgan fingerprint density at radius 3 is 2.78 bits per heavy atom. The molecule has 1 heterocycles. The van der Waals surface area contributed by atoms with Gasteiger partial charge >= 0.3 is 0 Å².